The van der Waals surface area contributed by atoms with Crippen LogP contribution in [0, 0.1) is 6.92 Å². The third-order valence-electron chi connectivity index (χ3n) is 4.67. The van der Waals surface area contributed by atoms with Gasteiger partial charge in [-0.25, -0.2) is 0 Å². The Morgan fingerprint density at radius 2 is 1.90 bits per heavy atom. The van der Waals surface area contributed by atoms with Crippen LogP contribution in [-0.2, 0) is 21.9 Å². The van der Waals surface area contributed by atoms with E-state index in [2.05, 4.69) is 30.4 Å². The summed E-state index contributed by atoms with van der Waals surface area (Å²) < 4.78 is 0. The number of carbonyl (C=O) groups excluding carboxylic acids is 2. The van der Waals surface area contributed by atoms with Crippen LogP contribution in [0.3, 0.4) is 0 Å². The maximum absolute atomic E-state index is 13.1. The van der Waals surface area contributed by atoms with Crippen molar-refractivity contribution in [2.24, 2.45) is 0 Å². The van der Waals surface area contributed by atoms with Gasteiger partial charge in [0.25, 0.3) is 0 Å². The molecule has 0 radical (unpaired) electrons. The highest BCUT2D eigenvalue weighted by Crippen LogP contribution is 2.24. The summed E-state index contributed by atoms with van der Waals surface area (Å²) in [6.07, 6.45) is 0.519. The predicted molar refractivity (Wildman–Crippen MR) is 127 cm³/mol. The van der Waals surface area contributed by atoms with Gasteiger partial charge in [0.15, 0.2) is 0 Å². The number of likely N-dealkylation sites (N-methyl/N-ethyl adjacent to an activating group) is 1. The standard InChI is InChI=1S/C23H28Cl2N2O2S/c1-4-21(23(29)26-5-2)27(13-18-9-10-19(24)12-20(18)25)22(28)15-30-14-17-8-6-7-16(3)11-17/h6-12,21H,4-5,13-15H2,1-3H3,(H,26,29)/t21-/m0/s1. The Balaban J connectivity index is 2.15. The molecule has 2 amide bonds. The van der Waals surface area contributed by atoms with Crippen molar-refractivity contribution in [3.8, 4) is 0 Å². The van der Waals surface area contributed by atoms with Gasteiger partial charge < -0.3 is 10.2 Å². The Morgan fingerprint density at radius 3 is 2.53 bits per heavy atom. The summed E-state index contributed by atoms with van der Waals surface area (Å²) in [5.74, 6) is 0.787. The lowest BCUT2D eigenvalue weighted by molar-refractivity contribution is -0.139. The minimum Gasteiger partial charge on any atom is -0.355 e. The van der Waals surface area contributed by atoms with Gasteiger partial charge in [0, 0.05) is 28.9 Å². The number of thioether (sulfide) groups is 1. The van der Waals surface area contributed by atoms with E-state index < -0.39 is 6.04 Å². The number of amides is 2. The molecule has 2 rings (SSSR count). The van der Waals surface area contributed by atoms with E-state index >= 15 is 0 Å². The zero-order valence-electron chi connectivity index (χ0n) is 17.6. The molecule has 7 heteroatoms. The van der Waals surface area contributed by atoms with Crippen LogP contribution >= 0.6 is 35.0 Å². The van der Waals surface area contributed by atoms with Gasteiger partial charge >= 0.3 is 0 Å². The van der Waals surface area contributed by atoms with E-state index in [0.717, 1.165) is 11.3 Å². The molecule has 2 aromatic rings. The smallest absolute Gasteiger partial charge is 0.242 e. The molecule has 0 bridgehead atoms. The van der Waals surface area contributed by atoms with Gasteiger partial charge in [-0.3, -0.25) is 9.59 Å². The fourth-order valence-corrected chi connectivity index (χ4v) is 4.51. The molecule has 0 fully saturated rings. The molecule has 0 aliphatic carbocycles. The van der Waals surface area contributed by atoms with Crippen LogP contribution in [0.1, 0.15) is 37.0 Å². The van der Waals surface area contributed by atoms with Gasteiger partial charge in [0.2, 0.25) is 11.8 Å². The summed E-state index contributed by atoms with van der Waals surface area (Å²) in [7, 11) is 0. The lowest BCUT2D eigenvalue weighted by Crippen LogP contribution is -2.49. The Kier molecular flexibility index (Phi) is 10.0. The molecular weight excluding hydrogens is 439 g/mol. The van der Waals surface area contributed by atoms with Crippen LogP contribution in [0.25, 0.3) is 0 Å². The van der Waals surface area contributed by atoms with Gasteiger partial charge in [-0.15, -0.1) is 11.8 Å². The average molecular weight is 467 g/mol. The number of rotatable bonds is 10. The molecule has 4 nitrogen and oxygen atoms in total. The van der Waals surface area contributed by atoms with Crippen LogP contribution < -0.4 is 5.32 Å². The number of aryl methyl sites for hydroxylation is 1. The first-order valence-corrected chi connectivity index (χ1v) is 11.9. The highest BCUT2D eigenvalue weighted by molar-refractivity contribution is 7.99. The van der Waals surface area contributed by atoms with Crippen molar-refractivity contribution in [2.45, 2.75) is 45.5 Å². The van der Waals surface area contributed by atoms with Crippen LogP contribution in [0.4, 0.5) is 0 Å². The number of hydrogen-bond acceptors (Lipinski definition) is 3. The second-order valence-electron chi connectivity index (χ2n) is 7.06. The third-order valence-corrected chi connectivity index (χ3v) is 6.24. The summed E-state index contributed by atoms with van der Waals surface area (Å²) in [6, 6.07) is 12.9. The molecule has 1 N–H and O–H groups in total. The predicted octanol–water partition coefficient (Wildman–Crippen LogP) is 5.48. The molecule has 0 spiro atoms. The van der Waals surface area contributed by atoms with Crippen molar-refractivity contribution < 1.29 is 9.59 Å². The van der Waals surface area contributed by atoms with Gasteiger partial charge in [0.1, 0.15) is 6.04 Å². The van der Waals surface area contributed by atoms with Gasteiger partial charge in [-0.2, -0.15) is 0 Å². The van der Waals surface area contributed by atoms with Crippen molar-refractivity contribution in [2.75, 3.05) is 12.3 Å². The summed E-state index contributed by atoms with van der Waals surface area (Å²) in [5, 5.41) is 3.85. The molecule has 0 aliphatic rings. The van der Waals surface area contributed by atoms with Gasteiger partial charge in [-0.05, 0) is 43.5 Å². The van der Waals surface area contributed by atoms with Crippen molar-refractivity contribution >= 4 is 46.8 Å². The molecule has 0 aromatic heterocycles. The van der Waals surface area contributed by atoms with Crippen molar-refractivity contribution in [3.63, 3.8) is 0 Å². The molecule has 0 unspecified atom stereocenters. The fraction of sp³-hybridized carbons (Fsp3) is 0.391. The monoisotopic (exact) mass is 466 g/mol. The Labute approximate surface area is 193 Å². The van der Waals surface area contributed by atoms with Crippen molar-refractivity contribution in [1.82, 2.24) is 10.2 Å². The van der Waals surface area contributed by atoms with Crippen LogP contribution in [0.15, 0.2) is 42.5 Å². The Bertz CT molecular complexity index is 876. The van der Waals surface area contributed by atoms with Crippen LogP contribution in [0.5, 0.6) is 0 Å². The zero-order chi connectivity index (χ0) is 22.1. The average Bonchev–Trinajstić information content (AvgIpc) is 2.69. The first-order valence-electron chi connectivity index (χ1n) is 10.00. The molecular formula is C23H28Cl2N2O2S. The first-order chi connectivity index (χ1) is 14.3. The molecule has 2 aromatic carbocycles. The molecule has 0 saturated carbocycles. The minimum atomic E-state index is -0.552. The number of nitrogens with zero attached hydrogens (tertiary/aromatic N) is 1. The van der Waals surface area contributed by atoms with E-state index in [1.807, 2.05) is 19.9 Å². The third kappa shape index (κ3) is 7.22. The normalized spacial score (nSPS) is 11.8. The maximum Gasteiger partial charge on any atom is 0.242 e. The number of hydrogen-bond donors (Lipinski definition) is 1. The number of nitrogens with one attached hydrogen (secondary N) is 1. The van der Waals surface area contributed by atoms with Crippen molar-refractivity contribution in [1.29, 1.82) is 0 Å². The van der Waals surface area contributed by atoms with Crippen LogP contribution in [0.2, 0.25) is 10.0 Å². The summed E-state index contributed by atoms with van der Waals surface area (Å²) in [5.41, 5.74) is 3.14. The first kappa shape index (κ1) is 24.6. The summed E-state index contributed by atoms with van der Waals surface area (Å²) >= 11 is 13.9. The maximum atomic E-state index is 13.1. The second-order valence-corrected chi connectivity index (χ2v) is 8.89. The highest BCUT2D eigenvalue weighted by Gasteiger charge is 2.28. The van der Waals surface area contributed by atoms with E-state index in [-0.39, 0.29) is 24.1 Å². The minimum absolute atomic E-state index is 0.0863. The second kappa shape index (κ2) is 12.2. The highest BCUT2D eigenvalue weighted by atomic mass is 35.5. The van der Waals surface area contributed by atoms with E-state index in [1.165, 1.54) is 11.1 Å². The largest absolute Gasteiger partial charge is 0.355 e. The molecule has 0 saturated heterocycles. The lowest BCUT2D eigenvalue weighted by atomic mass is 10.1. The quantitative estimate of drug-likeness (QED) is 0.504. The molecule has 1 atom stereocenters. The Hall–Kier alpha value is -1.69. The van der Waals surface area contributed by atoms with Crippen molar-refractivity contribution in [3.05, 3.63) is 69.2 Å². The zero-order valence-corrected chi connectivity index (χ0v) is 19.9. The van der Waals surface area contributed by atoms with Crippen LogP contribution in [-0.4, -0.2) is 35.1 Å². The molecule has 30 heavy (non-hydrogen) atoms. The Morgan fingerprint density at radius 1 is 1.13 bits per heavy atom. The summed E-state index contributed by atoms with van der Waals surface area (Å²) in [6.45, 7) is 6.60. The van der Waals surface area contributed by atoms with Gasteiger partial charge in [0.05, 0.1) is 5.75 Å². The van der Waals surface area contributed by atoms with E-state index in [1.54, 1.807) is 34.9 Å². The van der Waals surface area contributed by atoms with E-state index in [0.29, 0.717) is 23.0 Å². The topological polar surface area (TPSA) is 49.4 Å². The molecule has 0 heterocycles. The lowest BCUT2D eigenvalue weighted by Gasteiger charge is -2.30. The SMILES string of the molecule is CCNC(=O)[C@H](CC)N(Cc1ccc(Cl)cc1Cl)C(=O)CSCc1cccc(C)c1. The number of carbonyl (C=O) groups is 2. The van der Waals surface area contributed by atoms with Gasteiger partial charge in [-0.1, -0.05) is 66.0 Å². The number of halogens is 2. The molecule has 0 aliphatic heterocycles. The number of benzene rings is 2. The molecule has 162 valence electrons. The summed E-state index contributed by atoms with van der Waals surface area (Å²) in [4.78, 5) is 27.4. The van der Waals surface area contributed by atoms with E-state index in [4.69, 9.17) is 23.2 Å². The fourth-order valence-electron chi connectivity index (χ4n) is 3.19. The van der Waals surface area contributed by atoms with E-state index in [9.17, 15) is 9.59 Å².